The standard InChI is InChI=1S/C10H19N/c1-9(2)11-8-10-6-4-3-5-7-10/h4,6,9-11H,3,5,7-8H2,1-2H3/t10-/m0/s1. The first kappa shape index (κ1) is 8.79. The van der Waals surface area contributed by atoms with Crippen molar-refractivity contribution < 1.29 is 0 Å². The van der Waals surface area contributed by atoms with Crippen LogP contribution in [0, 0.1) is 5.92 Å². The summed E-state index contributed by atoms with van der Waals surface area (Å²) < 4.78 is 0. The average Bonchev–Trinajstić information content (AvgIpc) is 2.03. The molecule has 1 heteroatoms. The topological polar surface area (TPSA) is 12.0 Å². The van der Waals surface area contributed by atoms with E-state index in [9.17, 15) is 0 Å². The Labute approximate surface area is 69.9 Å². The molecule has 1 nitrogen and oxygen atoms in total. The predicted octanol–water partition coefficient (Wildman–Crippen LogP) is 2.34. The lowest BCUT2D eigenvalue weighted by Crippen LogP contribution is -2.28. The first-order valence-electron chi connectivity index (χ1n) is 4.69. The first-order chi connectivity index (χ1) is 5.29. The van der Waals surface area contributed by atoms with Gasteiger partial charge in [0, 0.05) is 12.6 Å². The molecule has 0 aromatic heterocycles. The van der Waals surface area contributed by atoms with Crippen molar-refractivity contribution in [1.29, 1.82) is 0 Å². The average molecular weight is 153 g/mol. The minimum absolute atomic E-state index is 0.630. The van der Waals surface area contributed by atoms with E-state index in [1.165, 1.54) is 19.3 Å². The van der Waals surface area contributed by atoms with Gasteiger partial charge in [-0.2, -0.15) is 0 Å². The molecule has 0 bridgehead atoms. The third-order valence-corrected chi connectivity index (χ3v) is 2.14. The maximum absolute atomic E-state index is 3.46. The molecule has 0 fully saturated rings. The minimum atomic E-state index is 0.630. The van der Waals surface area contributed by atoms with Crippen molar-refractivity contribution in [3.63, 3.8) is 0 Å². The highest BCUT2D eigenvalue weighted by atomic mass is 14.9. The van der Waals surface area contributed by atoms with Gasteiger partial charge in [0.1, 0.15) is 0 Å². The summed E-state index contributed by atoms with van der Waals surface area (Å²) in [5, 5.41) is 3.46. The fraction of sp³-hybridized carbons (Fsp3) is 0.800. The first-order valence-corrected chi connectivity index (χ1v) is 4.69. The molecule has 1 aliphatic rings. The maximum Gasteiger partial charge on any atom is 0.00165 e. The van der Waals surface area contributed by atoms with Gasteiger partial charge in [-0.25, -0.2) is 0 Å². The smallest absolute Gasteiger partial charge is 0.00165 e. The van der Waals surface area contributed by atoms with Gasteiger partial charge < -0.3 is 5.32 Å². The molecule has 0 amide bonds. The maximum atomic E-state index is 3.46. The molecular formula is C10H19N. The molecule has 0 unspecified atom stereocenters. The van der Waals surface area contributed by atoms with Gasteiger partial charge in [-0.15, -0.1) is 0 Å². The van der Waals surface area contributed by atoms with Gasteiger partial charge >= 0.3 is 0 Å². The highest BCUT2D eigenvalue weighted by molar-refractivity contribution is 4.93. The molecule has 0 aromatic carbocycles. The van der Waals surface area contributed by atoms with Gasteiger partial charge in [-0.05, 0) is 25.2 Å². The van der Waals surface area contributed by atoms with E-state index < -0.39 is 0 Å². The van der Waals surface area contributed by atoms with Crippen molar-refractivity contribution in [2.75, 3.05) is 6.54 Å². The van der Waals surface area contributed by atoms with E-state index in [0.29, 0.717) is 6.04 Å². The van der Waals surface area contributed by atoms with Crippen LogP contribution in [0.3, 0.4) is 0 Å². The number of hydrogen-bond acceptors (Lipinski definition) is 1. The second-order valence-electron chi connectivity index (χ2n) is 3.68. The van der Waals surface area contributed by atoms with Crippen LogP contribution >= 0.6 is 0 Å². The van der Waals surface area contributed by atoms with Crippen molar-refractivity contribution in [1.82, 2.24) is 5.32 Å². The van der Waals surface area contributed by atoms with E-state index in [1.807, 2.05) is 0 Å². The molecule has 1 aliphatic carbocycles. The van der Waals surface area contributed by atoms with E-state index in [4.69, 9.17) is 0 Å². The van der Waals surface area contributed by atoms with Crippen LogP contribution in [-0.4, -0.2) is 12.6 Å². The van der Waals surface area contributed by atoms with Crippen molar-refractivity contribution in [2.45, 2.75) is 39.2 Å². The van der Waals surface area contributed by atoms with Gasteiger partial charge in [0.15, 0.2) is 0 Å². The predicted molar refractivity (Wildman–Crippen MR) is 49.6 cm³/mol. The Balaban J connectivity index is 2.15. The molecule has 1 atom stereocenters. The van der Waals surface area contributed by atoms with Gasteiger partial charge in [0.25, 0.3) is 0 Å². The molecule has 0 aliphatic heterocycles. The zero-order valence-corrected chi connectivity index (χ0v) is 7.64. The van der Waals surface area contributed by atoms with Crippen molar-refractivity contribution in [3.05, 3.63) is 12.2 Å². The molecule has 0 saturated carbocycles. The van der Waals surface area contributed by atoms with Gasteiger partial charge in [-0.1, -0.05) is 26.0 Å². The second kappa shape index (κ2) is 4.55. The van der Waals surface area contributed by atoms with Crippen LogP contribution in [0.5, 0.6) is 0 Å². The quantitative estimate of drug-likeness (QED) is 0.614. The highest BCUT2D eigenvalue weighted by Crippen LogP contribution is 2.15. The van der Waals surface area contributed by atoms with Gasteiger partial charge in [0.2, 0.25) is 0 Å². The molecule has 0 heterocycles. The summed E-state index contributed by atoms with van der Waals surface area (Å²) in [6.07, 6.45) is 8.71. The summed E-state index contributed by atoms with van der Waals surface area (Å²) in [7, 11) is 0. The zero-order chi connectivity index (χ0) is 8.10. The van der Waals surface area contributed by atoms with Crippen LogP contribution in [0.15, 0.2) is 12.2 Å². The summed E-state index contributed by atoms with van der Waals surface area (Å²) in [4.78, 5) is 0. The fourth-order valence-corrected chi connectivity index (χ4v) is 1.44. The van der Waals surface area contributed by atoms with Crippen LogP contribution in [-0.2, 0) is 0 Å². The molecule has 64 valence electrons. The van der Waals surface area contributed by atoms with Crippen molar-refractivity contribution in [2.24, 2.45) is 5.92 Å². The van der Waals surface area contributed by atoms with Crippen LogP contribution < -0.4 is 5.32 Å². The van der Waals surface area contributed by atoms with E-state index in [2.05, 4.69) is 31.3 Å². The zero-order valence-electron chi connectivity index (χ0n) is 7.64. The van der Waals surface area contributed by atoms with Crippen LogP contribution in [0.2, 0.25) is 0 Å². The number of rotatable bonds is 3. The molecule has 0 aromatic rings. The van der Waals surface area contributed by atoms with Crippen LogP contribution in [0.4, 0.5) is 0 Å². The van der Waals surface area contributed by atoms with Crippen molar-refractivity contribution in [3.8, 4) is 0 Å². The van der Waals surface area contributed by atoms with Gasteiger partial charge in [0.05, 0.1) is 0 Å². The van der Waals surface area contributed by atoms with E-state index in [0.717, 1.165) is 12.5 Å². The number of allylic oxidation sites excluding steroid dienone is 1. The lowest BCUT2D eigenvalue weighted by Gasteiger charge is -2.18. The molecule has 1 N–H and O–H groups in total. The third kappa shape index (κ3) is 3.57. The lowest BCUT2D eigenvalue weighted by atomic mass is 9.96. The SMILES string of the molecule is CC(C)NC[C@H]1C=CCCC1. The van der Waals surface area contributed by atoms with Crippen LogP contribution in [0.25, 0.3) is 0 Å². The molecule has 1 rings (SSSR count). The summed E-state index contributed by atoms with van der Waals surface area (Å²) >= 11 is 0. The number of hydrogen-bond donors (Lipinski definition) is 1. The third-order valence-electron chi connectivity index (χ3n) is 2.14. The molecular weight excluding hydrogens is 134 g/mol. The summed E-state index contributed by atoms with van der Waals surface area (Å²) in [6, 6.07) is 0.630. The Hall–Kier alpha value is -0.300. The fourth-order valence-electron chi connectivity index (χ4n) is 1.44. The van der Waals surface area contributed by atoms with Crippen molar-refractivity contribution >= 4 is 0 Å². The lowest BCUT2D eigenvalue weighted by molar-refractivity contribution is 0.466. The molecule has 0 spiro atoms. The largest absolute Gasteiger partial charge is 0.314 e. The number of nitrogens with one attached hydrogen (secondary N) is 1. The van der Waals surface area contributed by atoms with E-state index in [-0.39, 0.29) is 0 Å². The summed E-state index contributed by atoms with van der Waals surface area (Å²) in [5.41, 5.74) is 0. The van der Waals surface area contributed by atoms with Gasteiger partial charge in [-0.3, -0.25) is 0 Å². The highest BCUT2D eigenvalue weighted by Gasteiger charge is 2.07. The minimum Gasteiger partial charge on any atom is -0.314 e. The Morgan fingerprint density at radius 1 is 1.55 bits per heavy atom. The Morgan fingerprint density at radius 2 is 2.36 bits per heavy atom. The molecule has 0 saturated heterocycles. The second-order valence-corrected chi connectivity index (χ2v) is 3.68. The monoisotopic (exact) mass is 153 g/mol. The Morgan fingerprint density at radius 3 is 2.91 bits per heavy atom. The van der Waals surface area contributed by atoms with Crippen LogP contribution in [0.1, 0.15) is 33.1 Å². The summed E-state index contributed by atoms with van der Waals surface area (Å²) in [5.74, 6) is 0.797. The molecule has 0 radical (unpaired) electrons. The Kier molecular flexibility index (Phi) is 3.64. The Bertz CT molecular complexity index is 127. The normalized spacial score (nSPS) is 24.5. The van der Waals surface area contributed by atoms with E-state index >= 15 is 0 Å². The van der Waals surface area contributed by atoms with E-state index in [1.54, 1.807) is 0 Å². The molecule has 11 heavy (non-hydrogen) atoms. The summed E-state index contributed by atoms with van der Waals surface area (Å²) in [6.45, 7) is 5.56.